The molecule has 7 heteroatoms. The van der Waals surface area contributed by atoms with Crippen molar-refractivity contribution in [1.82, 2.24) is 19.8 Å². The first-order chi connectivity index (χ1) is 8.81. The van der Waals surface area contributed by atoms with Crippen LogP contribution in [-0.2, 0) is 4.74 Å². The van der Waals surface area contributed by atoms with Crippen LogP contribution in [-0.4, -0.2) is 40.1 Å². The molecule has 0 bridgehead atoms. The van der Waals surface area contributed by atoms with E-state index in [1.807, 2.05) is 12.1 Å². The molecule has 1 aromatic carbocycles. The van der Waals surface area contributed by atoms with E-state index in [1.54, 1.807) is 19.2 Å². The van der Waals surface area contributed by atoms with Gasteiger partial charge in [-0.15, -0.1) is 0 Å². The fraction of sp³-hybridized carbons (Fsp3) is 0.364. The number of hydrogen-bond acceptors (Lipinski definition) is 5. The topological polar surface area (TPSA) is 71.2 Å². The van der Waals surface area contributed by atoms with Crippen molar-refractivity contribution in [2.24, 2.45) is 0 Å². The lowest BCUT2D eigenvalue weighted by Gasteiger charge is -2.24. The summed E-state index contributed by atoms with van der Waals surface area (Å²) in [4.78, 5) is 12.2. The van der Waals surface area contributed by atoms with Crippen LogP contribution in [0.2, 0.25) is 0 Å². The summed E-state index contributed by atoms with van der Waals surface area (Å²) in [5.74, 6) is 0.580. The highest BCUT2D eigenvalue weighted by Crippen LogP contribution is 2.20. The van der Waals surface area contributed by atoms with E-state index >= 15 is 0 Å². The Morgan fingerprint density at radius 3 is 2.78 bits per heavy atom. The van der Waals surface area contributed by atoms with Crippen LogP contribution in [0.1, 0.15) is 6.04 Å². The summed E-state index contributed by atoms with van der Waals surface area (Å²) in [6, 6.07) is 7.16. The number of methoxy groups -OCH3 is 1. The Morgan fingerprint density at radius 2 is 2.11 bits per heavy atom. The summed E-state index contributed by atoms with van der Waals surface area (Å²) in [6.45, 7) is 1.01. The number of benzene rings is 1. The van der Waals surface area contributed by atoms with Crippen LogP contribution in [0.15, 0.2) is 29.1 Å². The van der Waals surface area contributed by atoms with Gasteiger partial charge in [-0.25, -0.2) is 4.79 Å². The highest BCUT2D eigenvalue weighted by Gasteiger charge is 2.25. The predicted molar refractivity (Wildman–Crippen MR) is 62.0 cm³/mol. The summed E-state index contributed by atoms with van der Waals surface area (Å²) < 4.78 is 12.8. The Balaban J connectivity index is 2.06. The summed E-state index contributed by atoms with van der Waals surface area (Å²) in [5, 5.41) is 7.75. The lowest BCUT2D eigenvalue weighted by Crippen LogP contribution is -2.38. The van der Waals surface area contributed by atoms with E-state index in [1.165, 1.54) is 9.36 Å². The normalized spacial score (nSPS) is 15.4. The maximum Gasteiger partial charge on any atom is 0.369 e. The SMILES string of the molecule is COc1ccccc1-n1nnn(C2COC2)c1=O. The van der Waals surface area contributed by atoms with Crippen molar-refractivity contribution < 1.29 is 9.47 Å². The zero-order valence-electron chi connectivity index (χ0n) is 9.81. The number of tetrazole rings is 1. The van der Waals surface area contributed by atoms with Gasteiger partial charge in [0.05, 0.1) is 20.3 Å². The number of para-hydroxylation sites is 2. The molecule has 1 aromatic heterocycles. The molecule has 94 valence electrons. The molecule has 0 unspecified atom stereocenters. The van der Waals surface area contributed by atoms with Crippen LogP contribution in [0.5, 0.6) is 5.75 Å². The minimum Gasteiger partial charge on any atom is -0.494 e. The third-order valence-corrected chi connectivity index (χ3v) is 2.88. The van der Waals surface area contributed by atoms with Gasteiger partial charge in [0.25, 0.3) is 0 Å². The number of rotatable bonds is 3. The quantitative estimate of drug-likeness (QED) is 0.765. The fourth-order valence-electron chi connectivity index (χ4n) is 1.81. The Hall–Kier alpha value is -2.15. The molecule has 18 heavy (non-hydrogen) atoms. The standard InChI is InChI=1S/C11H12N4O3/c1-17-10-5-3-2-4-9(10)15-11(16)14(12-13-15)8-6-18-7-8/h2-5,8H,6-7H2,1H3. The zero-order chi connectivity index (χ0) is 12.5. The highest BCUT2D eigenvalue weighted by molar-refractivity contribution is 5.45. The van der Waals surface area contributed by atoms with Gasteiger partial charge in [-0.3, -0.25) is 0 Å². The monoisotopic (exact) mass is 248 g/mol. The van der Waals surface area contributed by atoms with Gasteiger partial charge in [0.15, 0.2) is 0 Å². The Labute approximate surface area is 103 Å². The van der Waals surface area contributed by atoms with Crippen molar-refractivity contribution in [3.05, 3.63) is 34.7 Å². The van der Waals surface area contributed by atoms with Gasteiger partial charge in [0.2, 0.25) is 0 Å². The summed E-state index contributed by atoms with van der Waals surface area (Å²) >= 11 is 0. The lowest BCUT2D eigenvalue weighted by atomic mass is 10.3. The molecule has 0 radical (unpaired) electrons. The minimum atomic E-state index is -0.284. The van der Waals surface area contributed by atoms with E-state index in [9.17, 15) is 4.79 Å². The van der Waals surface area contributed by atoms with Gasteiger partial charge in [-0.2, -0.15) is 9.36 Å². The molecule has 0 spiro atoms. The molecule has 0 atom stereocenters. The molecule has 1 saturated heterocycles. The van der Waals surface area contributed by atoms with Crippen LogP contribution in [0.3, 0.4) is 0 Å². The first-order valence-electron chi connectivity index (χ1n) is 5.57. The molecular weight excluding hydrogens is 236 g/mol. The number of ether oxygens (including phenoxy) is 2. The largest absolute Gasteiger partial charge is 0.494 e. The maximum absolute atomic E-state index is 12.2. The van der Waals surface area contributed by atoms with Crippen LogP contribution in [0.4, 0.5) is 0 Å². The molecule has 0 amide bonds. The van der Waals surface area contributed by atoms with E-state index in [0.717, 1.165) is 0 Å². The molecule has 0 aliphatic carbocycles. The van der Waals surface area contributed by atoms with Gasteiger partial charge in [0.1, 0.15) is 17.5 Å². The van der Waals surface area contributed by atoms with Gasteiger partial charge in [0, 0.05) is 0 Å². The number of aromatic nitrogens is 4. The maximum atomic E-state index is 12.2. The number of nitrogens with zero attached hydrogens (tertiary/aromatic N) is 4. The van der Waals surface area contributed by atoms with Crippen LogP contribution < -0.4 is 10.4 Å². The van der Waals surface area contributed by atoms with E-state index < -0.39 is 0 Å². The minimum absolute atomic E-state index is 0.0130. The molecule has 2 aromatic rings. The van der Waals surface area contributed by atoms with Crippen molar-refractivity contribution >= 4 is 0 Å². The second-order valence-corrected chi connectivity index (χ2v) is 3.98. The molecule has 2 heterocycles. The fourth-order valence-corrected chi connectivity index (χ4v) is 1.81. The second-order valence-electron chi connectivity index (χ2n) is 3.98. The van der Waals surface area contributed by atoms with Crippen LogP contribution in [0, 0.1) is 0 Å². The Morgan fingerprint density at radius 1 is 1.33 bits per heavy atom. The van der Waals surface area contributed by atoms with E-state index in [0.29, 0.717) is 24.7 Å². The lowest BCUT2D eigenvalue weighted by molar-refractivity contribution is -0.0309. The molecule has 7 nitrogen and oxygen atoms in total. The summed E-state index contributed by atoms with van der Waals surface area (Å²) in [6.07, 6.45) is 0. The first kappa shape index (κ1) is 11.0. The molecule has 1 aliphatic rings. The van der Waals surface area contributed by atoms with E-state index in [2.05, 4.69) is 10.4 Å². The smallest absolute Gasteiger partial charge is 0.369 e. The van der Waals surface area contributed by atoms with Gasteiger partial charge >= 0.3 is 5.69 Å². The molecule has 0 N–H and O–H groups in total. The number of hydrogen-bond donors (Lipinski definition) is 0. The summed E-state index contributed by atoms with van der Waals surface area (Å²) in [7, 11) is 1.55. The van der Waals surface area contributed by atoms with Gasteiger partial charge in [-0.05, 0) is 22.6 Å². The first-order valence-corrected chi connectivity index (χ1v) is 5.57. The summed E-state index contributed by atoms with van der Waals surface area (Å²) in [5.41, 5.74) is 0.296. The van der Waals surface area contributed by atoms with Crippen molar-refractivity contribution in [2.75, 3.05) is 20.3 Å². The van der Waals surface area contributed by atoms with Crippen molar-refractivity contribution in [2.45, 2.75) is 6.04 Å². The predicted octanol–water partition coefficient (Wildman–Crippen LogP) is 0.00890. The van der Waals surface area contributed by atoms with E-state index in [4.69, 9.17) is 9.47 Å². The molecule has 0 saturated carbocycles. The zero-order valence-corrected chi connectivity index (χ0v) is 9.81. The molecule has 3 rings (SSSR count). The second kappa shape index (κ2) is 4.26. The van der Waals surface area contributed by atoms with Crippen molar-refractivity contribution in [3.63, 3.8) is 0 Å². The Kier molecular flexibility index (Phi) is 2.60. The third-order valence-electron chi connectivity index (χ3n) is 2.88. The average Bonchev–Trinajstić information content (AvgIpc) is 2.70. The van der Waals surface area contributed by atoms with E-state index in [-0.39, 0.29) is 11.7 Å². The third kappa shape index (κ3) is 1.60. The highest BCUT2D eigenvalue weighted by atomic mass is 16.5. The molecular formula is C11H12N4O3. The van der Waals surface area contributed by atoms with Crippen LogP contribution >= 0.6 is 0 Å². The van der Waals surface area contributed by atoms with Gasteiger partial charge in [-0.1, -0.05) is 12.1 Å². The molecule has 1 fully saturated rings. The molecule has 1 aliphatic heterocycles. The van der Waals surface area contributed by atoms with Crippen LogP contribution in [0.25, 0.3) is 5.69 Å². The average molecular weight is 248 g/mol. The van der Waals surface area contributed by atoms with Crippen molar-refractivity contribution in [1.29, 1.82) is 0 Å². The Bertz CT molecular complexity index is 615. The van der Waals surface area contributed by atoms with Gasteiger partial charge < -0.3 is 9.47 Å². The van der Waals surface area contributed by atoms with Crippen molar-refractivity contribution in [3.8, 4) is 11.4 Å².